The number of rotatable bonds is 7. The summed E-state index contributed by atoms with van der Waals surface area (Å²) in [5.74, 6) is 0.513. The van der Waals surface area contributed by atoms with Crippen molar-refractivity contribution in [2.24, 2.45) is 4.99 Å². The van der Waals surface area contributed by atoms with E-state index in [9.17, 15) is 13.2 Å². The molecular formula is C21H27F3N4OS. The molecule has 1 saturated heterocycles. The number of guanidine groups is 1. The van der Waals surface area contributed by atoms with Crippen LogP contribution in [0, 0.1) is 0 Å². The monoisotopic (exact) mass is 440 g/mol. The van der Waals surface area contributed by atoms with Crippen LogP contribution in [0.1, 0.15) is 22.9 Å². The SMILES string of the molecule is CCNC(=NCc1ccc(N2CCOCC2)cc1C(F)(F)F)NCCc1cccs1. The smallest absolute Gasteiger partial charge is 0.378 e. The zero-order valence-corrected chi connectivity index (χ0v) is 17.8. The minimum absolute atomic E-state index is 0.0490. The molecular weight excluding hydrogens is 413 g/mol. The molecule has 0 saturated carbocycles. The van der Waals surface area contributed by atoms with E-state index in [-0.39, 0.29) is 12.1 Å². The lowest BCUT2D eigenvalue weighted by Crippen LogP contribution is -2.38. The minimum Gasteiger partial charge on any atom is -0.378 e. The van der Waals surface area contributed by atoms with Crippen LogP contribution < -0.4 is 15.5 Å². The highest BCUT2D eigenvalue weighted by molar-refractivity contribution is 7.09. The lowest BCUT2D eigenvalue weighted by atomic mass is 10.1. The second-order valence-corrected chi connectivity index (χ2v) is 7.92. The van der Waals surface area contributed by atoms with Crippen molar-refractivity contribution in [3.63, 3.8) is 0 Å². The third kappa shape index (κ3) is 6.37. The number of halogens is 3. The molecule has 3 rings (SSSR count). The predicted octanol–water partition coefficient (Wildman–Crippen LogP) is 3.90. The van der Waals surface area contributed by atoms with Gasteiger partial charge >= 0.3 is 6.18 Å². The second-order valence-electron chi connectivity index (χ2n) is 6.89. The summed E-state index contributed by atoms with van der Waals surface area (Å²) in [6, 6.07) is 8.56. The average Bonchev–Trinajstić information content (AvgIpc) is 3.25. The van der Waals surface area contributed by atoms with Crippen molar-refractivity contribution in [1.29, 1.82) is 0 Å². The number of morpholine rings is 1. The van der Waals surface area contributed by atoms with E-state index in [1.807, 2.05) is 23.3 Å². The Labute approximate surface area is 179 Å². The van der Waals surface area contributed by atoms with Crippen LogP contribution >= 0.6 is 11.3 Å². The topological polar surface area (TPSA) is 48.9 Å². The maximum Gasteiger partial charge on any atom is 0.416 e. The molecule has 5 nitrogen and oxygen atoms in total. The Hall–Kier alpha value is -2.26. The fourth-order valence-electron chi connectivity index (χ4n) is 3.25. The van der Waals surface area contributed by atoms with Crippen LogP contribution in [0.4, 0.5) is 18.9 Å². The molecule has 0 aliphatic carbocycles. The number of nitrogens with zero attached hydrogens (tertiary/aromatic N) is 2. The molecule has 0 radical (unpaired) electrons. The van der Waals surface area contributed by atoms with E-state index in [1.165, 1.54) is 17.0 Å². The molecule has 30 heavy (non-hydrogen) atoms. The van der Waals surface area contributed by atoms with Crippen molar-refractivity contribution in [1.82, 2.24) is 10.6 Å². The van der Waals surface area contributed by atoms with E-state index in [4.69, 9.17) is 4.74 Å². The summed E-state index contributed by atoms with van der Waals surface area (Å²) in [5.41, 5.74) is 0.0963. The van der Waals surface area contributed by atoms with Gasteiger partial charge in [-0.05, 0) is 42.5 Å². The molecule has 0 atom stereocenters. The Kier molecular flexibility index (Phi) is 7.98. The standard InChI is InChI=1S/C21H27F3N4OS/c1-2-25-20(26-8-7-18-4-3-13-30-18)27-15-16-5-6-17(14-19(16)21(22,23)24)28-9-11-29-12-10-28/h3-6,13-14H,2,7-12,15H2,1H3,(H2,25,26,27). The van der Waals surface area contributed by atoms with Gasteiger partial charge in [-0.3, -0.25) is 0 Å². The Morgan fingerprint density at radius 2 is 2.00 bits per heavy atom. The highest BCUT2D eigenvalue weighted by Crippen LogP contribution is 2.35. The van der Waals surface area contributed by atoms with Gasteiger partial charge in [0, 0.05) is 36.7 Å². The van der Waals surface area contributed by atoms with Crippen LogP contribution in [0.15, 0.2) is 40.7 Å². The maximum atomic E-state index is 13.7. The molecule has 164 valence electrons. The molecule has 1 aliphatic heterocycles. The van der Waals surface area contributed by atoms with Crippen LogP contribution in [-0.4, -0.2) is 45.4 Å². The summed E-state index contributed by atoms with van der Waals surface area (Å²) < 4.78 is 46.4. The van der Waals surface area contributed by atoms with Crippen molar-refractivity contribution in [3.05, 3.63) is 51.7 Å². The van der Waals surface area contributed by atoms with Gasteiger partial charge in [0.25, 0.3) is 0 Å². The molecule has 0 amide bonds. The minimum atomic E-state index is -4.43. The summed E-state index contributed by atoms with van der Waals surface area (Å²) in [6.45, 7) is 5.40. The molecule has 9 heteroatoms. The summed E-state index contributed by atoms with van der Waals surface area (Å²) >= 11 is 1.68. The number of hydrogen-bond acceptors (Lipinski definition) is 4. The number of anilines is 1. The Morgan fingerprint density at radius 1 is 1.20 bits per heavy atom. The van der Waals surface area contributed by atoms with Gasteiger partial charge in [0.05, 0.1) is 25.3 Å². The quantitative estimate of drug-likeness (QED) is 0.507. The average molecular weight is 441 g/mol. The third-order valence-corrected chi connectivity index (χ3v) is 5.71. The van der Waals surface area contributed by atoms with E-state index < -0.39 is 11.7 Å². The Bertz CT molecular complexity index is 818. The van der Waals surface area contributed by atoms with Crippen molar-refractivity contribution in [3.8, 4) is 0 Å². The number of benzene rings is 1. The number of aliphatic imine (C=N–C) groups is 1. The van der Waals surface area contributed by atoms with Gasteiger partial charge in [-0.2, -0.15) is 13.2 Å². The molecule has 0 spiro atoms. The van der Waals surface area contributed by atoms with Gasteiger partial charge in [-0.1, -0.05) is 12.1 Å². The van der Waals surface area contributed by atoms with Crippen LogP contribution in [0.3, 0.4) is 0 Å². The summed E-state index contributed by atoms with van der Waals surface area (Å²) in [5, 5.41) is 8.31. The number of hydrogen-bond donors (Lipinski definition) is 2. The molecule has 2 N–H and O–H groups in total. The van der Waals surface area contributed by atoms with Gasteiger partial charge in [0.15, 0.2) is 5.96 Å². The van der Waals surface area contributed by atoms with Gasteiger partial charge in [0.1, 0.15) is 0 Å². The fraction of sp³-hybridized carbons (Fsp3) is 0.476. The highest BCUT2D eigenvalue weighted by atomic mass is 32.1. The molecule has 1 fully saturated rings. The lowest BCUT2D eigenvalue weighted by molar-refractivity contribution is -0.138. The van der Waals surface area contributed by atoms with E-state index >= 15 is 0 Å². The first kappa shape index (κ1) is 22.4. The van der Waals surface area contributed by atoms with E-state index in [0.717, 1.165) is 6.42 Å². The second kappa shape index (κ2) is 10.7. The maximum absolute atomic E-state index is 13.7. The summed E-state index contributed by atoms with van der Waals surface area (Å²) in [6.07, 6.45) is -3.60. The van der Waals surface area contributed by atoms with Crippen molar-refractivity contribution >= 4 is 23.0 Å². The third-order valence-electron chi connectivity index (χ3n) is 4.77. The van der Waals surface area contributed by atoms with Gasteiger partial charge < -0.3 is 20.3 Å². The number of thiophene rings is 1. The van der Waals surface area contributed by atoms with Gasteiger partial charge in [0.2, 0.25) is 0 Å². The Morgan fingerprint density at radius 3 is 2.67 bits per heavy atom. The first-order valence-electron chi connectivity index (χ1n) is 10.0. The first-order chi connectivity index (χ1) is 14.5. The fourth-order valence-corrected chi connectivity index (χ4v) is 3.96. The lowest BCUT2D eigenvalue weighted by Gasteiger charge is -2.29. The number of nitrogens with one attached hydrogen (secondary N) is 2. The van der Waals surface area contributed by atoms with Crippen LogP contribution in [0.2, 0.25) is 0 Å². The molecule has 2 aromatic rings. The van der Waals surface area contributed by atoms with Crippen LogP contribution in [0.5, 0.6) is 0 Å². The highest BCUT2D eigenvalue weighted by Gasteiger charge is 2.34. The normalized spacial score (nSPS) is 15.3. The molecule has 0 unspecified atom stereocenters. The molecule has 1 aliphatic rings. The first-order valence-corrected chi connectivity index (χ1v) is 10.9. The zero-order valence-electron chi connectivity index (χ0n) is 17.0. The molecule has 1 aromatic heterocycles. The van der Waals surface area contributed by atoms with Crippen LogP contribution in [-0.2, 0) is 23.9 Å². The predicted molar refractivity (Wildman–Crippen MR) is 115 cm³/mol. The number of alkyl halides is 3. The van der Waals surface area contributed by atoms with Crippen LogP contribution in [0.25, 0.3) is 0 Å². The molecule has 0 bridgehead atoms. The van der Waals surface area contributed by atoms with Gasteiger partial charge in [-0.25, -0.2) is 4.99 Å². The van der Waals surface area contributed by atoms with Gasteiger partial charge in [-0.15, -0.1) is 11.3 Å². The van der Waals surface area contributed by atoms with E-state index in [0.29, 0.717) is 51.0 Å². The van der Waals surface area contributed by atoms with Crippen molar-refractivity contribution in [2.75, 3.05) is 44.3 Å². The number of ether oxygens (including phenoxy) is 1. The Balaban J connectivity index is 1.71. The summed E-state index contributed by atoms with van der Waals surface area (Å²) in [4.78, 5) is 7.55. The van der Waals surface area contributed by atoms with E-state index in [1.54, 1.807) is 17.4 Å². The summed E-state index contributed by atoms with van der Waals surface area (Å²) in [7, 11) is 0. The molecule has 1 aromatic carbocycles. The largest absolute Gasteiger partial charge is 0.416 e. The van der Waals surface area contributed by atoms with E-state index in [2.05, 4.69) is 21.7 Å². The van der Waals surface area contributed by atoms with Crippen molar-refractivity contribution in [2.45, 2.75) is 26.1 Å². The zero-order chi connectivity index (χ0) is 21.4. The van der Waals surface area contributed by atoms with Crippen molar-refractivity contribution < 1.29 is 17.9 Å². The molecule has 2 heterocycles.